The average molecular weight is 374 g/mol. The highest BCUT2D eigenvalue weighted by Crippen LogP contribution is 2.33. The van der Waals surface area contributed by atoms with Crippen LogP contribution in [0.2, 0.25) is 0 Å². The van der Waals surface area contributed by atoms with E-state index >= 15 is 0 Å². The normalized spacial score (nSPS) is 17.1. The number of rotatable bonds is 5. The quantitative estimate of drug-likeness (QED) is 0.724. The maximum atomic E-state index is 12.7. The molecule has 3 aromatic rings. The summed E-state index contributed by atoms with van der Waals surface area (Å²) in [5.74, 6) is 0.0292. The van der Waals surface area contributed by atoms with Crippen molar-refractivity contribution in [2.45, 2.75) is 25.5 Å². The summed E-state index contributed by atoms with van der Waals surface area (Å²) in [5.41, 5.74) is 1.85. The van der Waals surface area contributed by atoms with Crippen molar-refractivity contribution < 1.29 is 9.53 Å². The van der Waals surface area contributed by atoms with Crippen molar-refractivity contribution >= 4 is 28.6 Å². The predicted octanol–water partition coefficient (Wildman–Crippen LogP) is 4.32. The number of thiophene rings is 2. The maximum absolute atomic E-state index is 12.7. The Morgan fingerprint density at radius 2 is 2.36 bits per heavy atom. The number of aromatic amines is 1. The first-order valence-electron chi connectivity index (χ1n) is 8.25. The minimum absolute atomic E-state index is 0.0292. The van der Waals surface area contributed by atoms with Gasteiger partial charge in [0.15, 0.2) is 0 Å². The molecule has 5 nitrogen and oxygen atoms in total. The Morgan fingerprint density at radius 1 is 1.44 bits per heavy atom. The first kappa shape index (κ1) is 16.5. The zero-order valence-corrected chi connectivity index (χ0v) is 15.5. The molecule has 1 fully saturated rings. The van der Waals surface area contributed by atoms with E-state index in [4.69, 9.17) is 4.74 Å². The number of hydrogen-bond donors (Lipinski definition) is 1. The standard InChI is InChI=1S/C18H19N3O2S2/c1-21(11-12-10-13(20-19-12)15-5-3-9-24-15)18(22)17-7-6-16(25-17)14-4-2-8-23-14/h3,5-7,9-10,14H,2,4,8,11H2,1H3,(H,19,20). The highest BCUT2D eigenvalue weighted by atomic mass is 32.1. The van der Waals surface area contributed by atoms with Crippen LogP contribution in [-0.4, -0.2) is 34.7 Å². The van der Waals surface area contributed by atoms with Crippen molar-refractivity contribution in [2.24, 2.45) is 0 Å². The third-order valence-electron chi connectivity index (χ3n) is 4.24. The van der Waals surface area contributed by atoms with Gasteiger partial charge in [-0.2, -0.15) is 5.10 Å². The minimum atomic E-state index is 0.0292. The molecule has 1 aliphatic heterocycles. The molecule has 1 N–H and O–H groups in total. The maximum Gasteiger partial charge on any atom is 0.264 e. The number of H-pyrrole nitrogens is 1. The number of carbonyl (C=O) groups is 1. The lowest BCUT2D eigenvalue weighted by atomic mass is 10.2. The molecule has 0 aliphatic carbocycles. The molecular formula is C18H19N3O2S2. The van der Waals surface area contributed by atoms with Gasteiger partial charge >= 0.3 is 0 Å². The Hall–Kier alpha value is -1.96. The molecule has 3 aromatic heterocycles. The fraction of sp³-hybridized carbons (Fsp3) is 0.333. The van der Waals surface area contributed by atoms with Gasteiger partial charge in [-0.05, 0) is 42.5 Å². The van der Waals surface area contributed by atoms with Gasteiger partial charge < -0.3 is 9.64 Å². The molecule has 7 heteroatoms. The zero-order valence-electron chi connectivity index (χ0n) is 13.9. The lowest BCUT2D eigenvalue weighted by molar-refractivity contribution is 0.0788. The van der Waals surface area contributed by atoms with Crippen LogP contribution in [0.25, 0.3) is 10.6 Å². The number of aromatic nitrogens is 2. The monoisotopic (exact) mass is 373 g/mol. The highest BCUT2D eigenvalue weighted by molar-refractivity contribution is 7.14. The van der Waals surface area contributed by atoms with E-state index in [2.05, 4.69) is 10.2 Å². The zero-order chi connectivity index (χ0) is 17.2. The summed E-state index contributed by atoms with van der Waals surface area (Å²) in [6.45, 7) is 1.32. The smallest absolute Gasteiger partial charge is 0.264 e. The van der Waals surface area contributed by atoms with E-state index < -0.39 is 0 Å². The molecule has 1 atom stereocenters. The van der Waals surface area contributed by atoms with Gasteiger partial charge in [-0.15, -0.1) is 22.7 Å². The van der Waals surface area contributed by atoms with Gasteiger partial charge in [0.25, 0.3) is 5.91 Å². The van der Waals surface area contributed by atoms with Crippen LogP contribution in [0.3, 0.4) is 0 Å². The second-order valence-corrected chi connectivity index (χ2v) is 8.18. The van der Waals surface area contributed by atoms with E-state index in [9.17, 15) is 4.79 Å². The molecule has 25 heavy (non-hydrogen) atoms. The fourth-order valence-electron chi connectivity index (χ4n) is 2.95. The minimum Gasteiger partial charge on any atom is -0.373 e. The lowest BCUT2D eigenvalue weighted by Crippen LogP contribution is -2.25. The molecule has 1 unspecified atom stereocenters. The van der Waals surface area contributed by atoms with Crippen molar-refractivity contribution in [3.8, 4) is 10.6 Å². The number of carbonyl (C=O) groups excluding carboxylic acids is 1. The molecule has 0 spiro atoms. The van der Waals surface area contributed by atoms with Gasteiger partial charge in [-0.1, -0.05) is 6.07 Å². The highest BCUT2D eigenvalue weighted by Gasteiger charge is 2.22. The first-order valence-corrected chi connectivity index (χ1v) is 9.95. The van der Waals surface area contributed by atoms with Crippen LogP contribution in [0.4, 0.5) is 0 Å². The number of nitrogens with one attached hydrogen (secondary N) is 1. The largest absolute Gasteiger partial charge is 0.373 e. The van der Waals surface area contributed by atoms with Crippen LogP contribution in [0.15, 0.2) is 35.7 Å². The number of nitrogens with zero attached hydrogens (tertiary/aromatic N) is 2. The van der Waals surface area contributed by atoms with E-state index in [0.29, 0.717) is 6.54 Å². The fourth-order valence-corrected chi connectivity index (χ4v) is 4.72. The summed E-state index contributed by atoms with van der Waals surface area (Å²) in [7, 11) is 1.82. The molecule has 0 radical (unpaired) electrons. The first-order chi connectivity index (χ1) is 12.2. The van der Waals surface area contributed by atoms with Crippen molar-refractivity contribution in [3.63, 3.8) is 0 Å². The Balaban J connectivity index is 1.42. The van der Waals surface area contributed by atoms with Crippen LogP contribution in [-0.2, 0) is 11.3 Å². The van der Waals surface area contributed by atoms with E-state index in [1.165, 1.54) is 0 Å². The Kier molecular flexibility index (Phi) is 4.70. The Bertz CT molecular complexity index is 847. The van der Waals surface area contributed by atoms with Crippen molar-refractivity contribution in [3.05, 3.63) is 51.2 Å². The Morgan fingerprint density at radius 3 is 3.12 bits per heavy atom. The van der Waals surface area contributed by atoms with Crippen LogP contribution >= 0.6 is 22.7 Å². The van der Waals surface area contributed by atoms with E-state index in [1.807, 2.05) is 42.8 Å². The third kappa shape index (κ3) is 3.53. The van der Waals surface area contributed by atoms with E-state index in [-0.39, 0.29) is 12.0 Å². The van der Waals surface area contributed by atoms with Crippen molar-refractivity contribution in [1.82, 2.24) is 15.1 Å². The molecule has 130 valence electrons. The van der Waals surface area contributed by atoms with Gasteiger partial charge in [0, 0.05) is 18.5 Å². The summed E-state index contributed by atoms with van der Waals surface area (Å²) in [5, 5.41) is 9.39. The van der Waals surface area contributed by atoms with Gasteiger partial charge in [0.05, 0.1) is 28.1 Å². The summed E-state index contributed by atoms with van der Waals surface area (Å²) in [6, 6.07) is 9.98. The van der Waals surface area contributed by atoms with Crippen molar-refractivity contribution in [2.75, 3.05) is 13.7 Å². The lowest BCUT2D eigenvalue weighted by Gasteiger charge is -2.15. The number of amides is 1. The predicted molar refractivity (Wildman–Crippen MR) is 99.9 cm³/mol. The van der Waals surface area contributed by atoms with Crippen LogP contribution in [0.1, 0.15) is 39.2 Å². The molecular weight excluding hydrogens is 354 g/mol. The second kappa shape index (κ2) is 7.11. The van der Waals surface area contributed by atoms with Crippen LogP contribution in [0.5, 0.6) is 0 Å². The SMILES string of the molecule is CN(Cc1cc(-c2cccs2)n[nH]1)C(=O)c1ccc(C2CCCO2)s1. The van der Waals surface area contributed by atoms with Crippen LogP contribution < -0.4 is 0 Å². The molecule has 4 rings (SSSR count). The second-order valence-electron chi connectivity index (χ2n) is 6.12. The molecule has 4 heterocycles. The van der Waals surface area contributed by atoms with E-state index in [1.54, 1.807) is 27.6 Å². The molecule has 0 aromatic carbocycles. The number of ether oxygens (including phenoxy) is 1. The van der Waals surface area contributed by atoms with Gasteiger partial charge in [-0.3, -0.25) is 9.89 Å². The summed E-state index contributed by atoms with van der Waals surface area (Å²) in [6.07, 6.45) is 2.31. The molecule has 0 saturated carbocycles. The topological polar surface area (TPSA) is 58.2 Å². The number of hydrogen-bond acceptors (Lipinski definition) is 5. The molecule has 1 saturated heterocycles. The summed E-state index contributed by atoms with van der Waals surface area (Å²) < 4.78 is 5.70. The van der Waals surface area contributed by atoms with Crippen LogP contribution in [0, 0.1) is 0 Å². The Labute approximate surface area is 154 Å². The molecule has 1 aliphatic rings. The summed E-state index contributed by atoms with van der Waals surface area (Å²) in [4.78, 5) is 17.4. The summed E-state index contributed by atoms with van der Waals surface area (Å²) >= 11 is 3.19. The van der Waals surface area contributed by atoms with Crippen molar-refractivity contribution in [1.29, 1.82) is 0 Å². The average Bonchev–Trinajstić information content (AvgIpc) is 3.41. The third-order valence-corrected chi connectivity index (χ3v) is 6.30. The molecule has 1 amide bonds. The van der Waals surface area contributed by atoms with Gasteiger partial charge in [-0.25, -0.2) is 0 Å². The van der Waals surface area contributed by atoms with Gasteiger partial charge in [0.1, 0.15) is 5.69 Å². The van der Waals surface area contributed by atoms with Gasteiger partial charge in [0.2, 0.25) is 0 Å². The molecule has 0 bridgehead atoms. The van der Waals surface area contributed by atoms with E-state index in [0.717, 1.165) is 45.5 Å².